The van der Waals surface area contributed by atoms with Gasteiger partial charge in [-0.1, -0.05) is 30.3 Å². The van der Waals surface area contributed by atoms with Crippen molar-refractivity contribution < 1.29 is 0 Å². The van der Waals surface area contributed by atoms with Crippen LogP contribution in [0.15, 0.2) is 35.7 Å². The van der Waals surface area contributed by atoms with Crippen LogP contribution in [0.25, 0.3) is 0 Å². The lowest BCUT2D eigenvalue weighted by Crippen LogP contribution is -2.17. The number of thiazole rings is 1. The van der Waals surface area contributed by atoms with Crippen LogP contribution < -0.4 is 5.32 Å². The summed E-state index contributed by atoms with van der Waals surface area (Å²) in [5.74, 6) is 0. The van der Waals surface area contributed by atoms with Crippen molar-refractivity contribution in [3.05, 3.63) is 52.0 Å². The average Bonchev–Trinajstić information content (AvgIpc) is 2.68. The third kappa shape index (κ3) is 2.25. The Hall–Kier alpha value is -1.19. The summed E-state index contributed by atoms with van der Waals surface area (Å²) in [5.41, 5.74) is 2.36. The topological polar surface area (TPSA) is 24.9 Å². The van der Waals surface area contributed by atoms with Crippen LogP contribution in [0.2, 0.25) is 0 Å². The zero-order chi connectivity index (χ0) is 10.7. The summed E-state index contributed by atoms with van der Waals surface area (Å²) in [4.78, 5) is 4.51. The van der Waals surface area contributed by atoms with E-state index in [-0.39, 0.29) is 6.04 Å². The van der Waals surface area contributed by atoms with Crippen LogP contribution in [0.5, 0.6) is 0 Å². The van der Waals surface area contributed by atoms with Gasteiger partial charge in [0.1, 0.15) is 0 Å². The zero-order valence-corrected chi connectivity index (χ0v) is 9.71. The highest BCUT2D eigenvalue weighted by Gasteiger charge is 2.13. The van der Waals surface area contributed by atoms with Crippen molar-refractivity contribution in [2.75, 3.05) is 7.05 Å². The molecule has 0 aliphatic heterocycles. The predicted molar refractivity (Wildman–Crippen MR) is 64.2 cm³/mol. The third-order valence-corrected chi connectivity index (χ3v) is 3.15. The van der Waals surface area contributed by atoms with Crippen molar-refractivity contribution in [2.24, 2.45) is 0 Å². The molecule has 0 saturated carbocycles. The molecule has 0 bridgehead atoms. The first-order valence-corrected chi connectivity index (χ1v) is 5.83. The number of nitrogens with one attached hydrogen (secondary N) is 1. The van der Waals surface area contributed by atoms with Crippen molar-refractivity contribution in [2.45, 2.75) is 13.0 Å². The van der Waals surface area contributed by atoms with E-state index >= 15 is 0 Å². The van der Waals surface area contributed by atoms with Gasteiger partial charge in [0.25, 0.3) is 0 Å². The molecule has 1 aromatic carbocycles. The van der Waals surface area contributed by atoms with E-state index in [1.165, 1.54) is 5.56 Å². The second-order valence-corrected chi connectivity index (χ2v) is 4.49. The number of aromatic nitrogens is 1. The Morgan fingerprint density at radius 1 is 1.27 bits per heavy atom. The van der Waals surface area contributed by atoms with Crippen molar-refractivity contribution in [1.29, 1.82) is 0 Å². The van der Waals surface area contributed by atoms with Gasteiger partial charge >= 0.3 is 0 Å². The minimum absolute atomic E-state index is 0.205. The highest BCUT2D eigenvalue weighted by atomic mass is 32.1. The lowest BCUT2D eigenvalue weighted by atomic mass is 10.1. The van der Waals surface area contributed by atoms with Gasteiger partial charge in [-0.3, -0.25) is 0 Å². The van der Waals surface area contributed by atoms with Crippen molar-refractivity contribution >= 4 is 11.3 Å². The summed E-state index contributed by atoms with van der Waals surface area (Å²) in [5, 5.41) is 6.52. The van der Waals surface area contributed by atoms with E-state index in [1.807, 2.05) is 20.0 Å². The minimum atomic E-state index is 0.205. The fraction of sp³-hybridized carbons (Fsp3) is 0.250. The van der Waals surface area contributed by atoms with Gasteiger partial charge in [-0.15, -0.1) is 11.3 Å². The largest absolute Gasteiger partial charge is 0.308 e. The fourth-order valence-corrected chi connectivity index (χ4v) is 2.28. The summed E-state index contributed by atoms with van der Waals surface area (Å²) in [6.07, 6.45) is 0. The van der Waals surface area contributed by atoms with Gasteiger partial charge in [-0.25, -0.2) is 4.98 Å². The first-order chi connectivity index (χ1) is 7.31. The van der Waals surface area contributed by atoms with Crippen LogP contribution in [-0.2, 0) is 0 Å². The SMILES string of the molecule is CNC(c1ccccc1)c1csc(C)n1. The number of hydrogen-bond donors (Lipinski definition) is 1. The van der Waals surface area contributed by atoms with E-state index in [2.05, 4.69) is 39.9 Å². The Morgan fingerprint density at radius 2 is 2.00 bits per heavy atom. The number of aryl methyl sites for hydroxylation is 1. The molecule has 0 saturated heterocycles. The molecule has 1 atom stereocenters. The van der Waals surface area contributed by atoms with Gasteiger partial charge in [0.05, 0.1) is 16.7 Å². The second kappa shape index (κ2) is 4.55. The van der Waals surface area contributed by atoms with Gasteiger partial charge < -0.3 is 5.32 Å². The van der Waals surface area contributed by atoms with Crippen LogP contribution in [0.3, 0.4) is 0 Å². The van der Waals surface area contributed by atoms with Crippen molar-refractivity contribution in [1.82, 2.24) is 10.3 Å². The summed E-state index contributed by atoms with van der Waals surface area (Å²) in [6.45, 7) is 2.03. The van der Waals surface area contributed by atoms with Crippen molar-refractivity contribution in [3.8, 4) is 0 Å². The summed E-state index contributed by atoms with van der Waals surface area (Å²) in [6, 6.07) is 10.6. The molecular formula is C12H14N2S. The Labute approximate surface area is 94.0 Å². The molecule has 1 aromatic heterocycles. The van der Waals surface area contributed by atoms with Crippen LogP contribution >= 0.6 is 11.3 Å². The Kier molecular flexibility index (Phi) is 3.14. The molecule has 1 heterocycles. The molecule has 0 radical (unpaired) electrons. The van der Waals surface area contributed by atoms with Crippen LogP contribution in [0, 0.1) is 6.92 Å². The Morgan fingerprint density at radius 3 is 2.53 bits per heavy atom. The second-order valence-electron chi connectivity index (χ2n) is 3.42. The zero-order valence-electron chi connectivity index (χ0n) is 8.90. The first-order valence-electron chi connectivity index (χ1n) is 4.95. The third-order valence-electron chi connectivity index (χ3n) is 2.35. The van der Waals surface area contributed by atoms with E-state index < -0.39 is 0 Å². The maximum atomic E-state index is 4.51. The Bertz CT molecular complexity index is 422. The highest BCUT2D eigenvalue weighted by Crippen LogP contribution is 2.22. The molecule has 78 valence electrons. The molecular weight excluding hydrogens is 204 g/mol. The maximum absolute atomic E-state index is 4.51. The van der Waals surface area contributed by atoms with E-state index in [1.54, 1.807) is 11.3 Å². The van der Waals surface area contributed by atoms with E-state index in [4.69, 9.17) is 0 Å². The van der Waals surface area contributed by atoms with E-state index in [0.29, 0.717) is 0 Å². The van der Waals surface area contributed by atoms with Crippen LogP contribution in [0.1, 0.15) is 22.3 Å². The molecule has 3 heteroatoms. The number of benzene rings is 1. The maximum Gasteiger partial charge on any atom is 0.0898 e. The average molecular weight is 218 g/mol. The summed E-state index contributed by atoms with van der Waals surface area (Å²) in [7, 11) is 1.96. The van der Waals surface area contributed by atoms with Gasteiger partial charge in [0.2, 0.25) is 0 Å². The molecule has 1 unspecified atom stereocenters. The molecule has 0 fully saturated rings. The molecule has 0 aliphatic rings. The van der Waals surface area contributed by atoms with Crippen LogP contribution in [0.4, 0.5) is 0 Å². The normalized spacial score (nSPS) is 12.7. The standard InChI is InChI=1S/C12H14N2S/c1-9-14-11(8-15-9)12(13-2)10-6-4-3-5-7-10/h3-8,12-13H,1-2H3. The molecule has 15 heavy (non-hydrogen) atoms. The molecule has 2 rings (SSSR count). The molecule has 2 aromatic rings. The van der Waals surface area contributed by atoms with Crippen molar-refractivity contribution in [3.63, 3.8) is 0 Å². The molecule has 2 nitrogen and oxygen atoms in total. The summed E-state index contributed by atoms with van der Waals surface area (Å²) >= 11 is 1.69. The van der Waals surface area contributed by atoms with Gasteiger partial charge in [0, 0.05) is 5.38 Å². The van der Waals surface area contributed by atoms with Gasteiger partial charge in [-0.2, -0.15) is 0 Å². The molecule has 0 amide bonds. The highest BCUT2D eigenvalue weighted by molar-refractivity contribution is 7.09. The lowest BCUT2D eigenvalue weighted by Gasteiger charge is -2.13. The Balaban J connectivity index is 2.33. The van der Waals surface area contributed by atoms with E-state index in [9.17, 15) is 0 Å². The molecule has 1 N–H and O–H groups in total. The number of rotatable bonds is 3. The predicted octanol–water partition coefficient (Wildman–Crippen LogP) is 2.76. The quantitative estimate of drug-likeness (QED) is 0.857. The van der Waals surface area contributed by atoms with E-state index in [0.717, 1.165) is 10.7 Å². The van der Waals surface area contributed by atoms with Crippen LogP contribution in [-0.4, -0.2) is 12.0 Å². The minimum Gasteiger partial charge on any atom is -0.308 e. The first kappa shape index (κ1) is 10.3. The fourth-order valence-electron chi connectivity index (χ4n) is 1.64. The van der Waals surface area contributed by atoms with Gasteiger partial charge in [0.15, 0.2) is 0 Å². The number of hydrogen-bond acceptors (Lipinski definition) is 3. The van der Waals surface area contributed by atoms with Gasteiger partial charge in [-0.05, 0) is 19.5 Å². The monoisotopic (exact) mass is 218 g/mol. The summed E-state index contributed by atoms with van der Waals surface area (Å²) < 4.78 is 0. The lowest BCUT2D eigenvalue weighted by molar-refractivity contribution is 0.674. The molecule has 0 aliphatic carbocycles. The molecule has 0 spiro atoms. The number of nitrogens with zero attached hydrogens (tertiary/aromatic N) is 1. The smallest absolute Gasteiger partial charge is 0.0898 e.